The van der Waals surface area contributed by atoms with E-state index in [0.29, 0.717) is 6.54 Å². The molecule has 0 fully saturated rings. The zero-order valence-electron chi connectivity index (χ0n) is 7.12. The van der Waals surface area contributed by atoms with Crippen molar-refractivity contribution in [3.63, 3.8) is 0 Å². The highest BCUT2D eigenvalue weighted by Crippen LogP contribution is 1.97. The molecule has 0 spiro atoms. The molecule has 12 heavy (non-hydrogen) atoms. The molecule has 0 saturated carbocycles. The minimum absolute atomic E-state index is 0.611. The van der Waals surface area contributed by atoms with E-state index in [1.54, 1.807) is 6.26 Å². The summed E-state index contributed by atoms with van der Waals surface area (Å²) in [6.07, 6.45) is 1.59. The van der Waals surface area contributed by atoms with Crippen molar-refractivity contribution in [1.82, 2.24) is 4.72 Å². The third-order valence-electron chi connectivity index (χ3n) is 1.42. The topological polar surface area (TPSA) is 29.1 Å². The van der Waals surface area contributed by atoms with Crippen LogP contribution in [0.2, 0.25) is 0 Å². The van der Waals surface area contributed by atoms with E-state index in [4.69, 9.17) is 0 Å². The maximum atomic E-state index is 11.1. The molecule has 1 unspecified atom stereocenters. The fourth-order valence-corrected chi connectivity index (χ4v) is 1.30. The Bertz CT molecular complexity index is 329. The summed E-state index contributed by atoms with van der Waals surface area (Å²) in [5.41, 5.74) is 1.12. The second-order valence-electron chi connectivity index (χ2n) is 2.81. The van der Waals surface area contributed by atoms with Crippen LogP contribution in [0.25, 0.3) is 0 Å². The van der Waals surface area contributed by atoms with Crippen molar-refractivity contribution in [1.29, 1.82) is 0 Å². The van der Waals surface area contributed by atoms with E-state index in [1.807, 2.05) is 30.3 Å². The summed E-state index contributed by atoms with van der Waals surface area (Å²) in [6.45, 7) is 0.611. The first-order valence-electron chi connectivity index (χ1n) is 3.69. The summed E-state index contributed by atoms with van der Waals surface area (Å²) < 4.78 is 14.0. The lowest BCUT2D eigenvalue weighted by Gasteiger charge is -2.04. The second-order valence-corrected chi connectivity index (χ2v) is 5.11. The molecule has 1 aromatic rings. The first-order valence-corrected chi connectivity index (χ1v) is 5.82. The lowest BCUT2D eigenvalue weighted by Crippen LogP contribution is -2.20. The Balaban J connectivity index is 2.56. The molecule has 0 amide bonds. The molecule has 0 bridgehead atoms. The van der Waals surface area contributed by atoms with E-state index in [0.717, 1.165) is 5.56 Å². The predicted octanol–water partition coefficient (Wildman–Crippen LogP) is 1.04. The molecule has 0 aliphatic carbocycles. The lowest BCUT2D eigenvalue weighted by molar-refractivity contribution is 0.674. The monoisotopic (exact) mass is 183 g/mol. The van der Waals surface area contributed by atoms with Gasteiger partial charge in [0, 0.05) is 22.5 Å². The van der Waals surface area contributed by atoms with Crippen LogP contribution in [0.5, 0.6) is 0 Å². The molecule has 0 aliphatic rings. The highest BCUT2D eigenvalue weighted by atomic mass is 32.2. The molecule has 66 valence electrons. The molecule has 1 rings (SSSR count). The van der Waals surface area contributed by atoms with E-state index >= 15 is 0 Å². The third-order valence-corrected chi connectivity index (χ3v) is 2.18. The molecule has 0 aromatic heterocycles. The van der Waals surface area contributed by atoms with Crippen LogP contribution in [0, 0.1) is 0 Å². The minimum atomic E-state index is -2.07. The molecule has 0 saturated heterocycles. The van der Waals surface area contributed by atoms with Gasteiger partial charge in [-0.25, -0.2) is 4.72 Å². The Morgan fingerprint density at radius 2 is 2.00 bits per heavy atom. The number of nitrogens with one attached hydrogen (secondary N) is 1. The quantitative estimate of drug-likeness (QED) is 0.697. The first-order chi connectivity index (χ1) is 5.58. The Morgan fingerprint density at radius 1 is 1.42 bits per heavy atom. The summed E-state index contributed by atoms with van der Waals surface area (Å²) in [4.78, 5) is 0. The molecule has 3 heteroatoms. The van der Waals surface area contributed by atoms with Gasteiger partial charge in [0.2, 0.25) is 0 Å². The van der Waals surface area contributed by atoms with Crippen molar-refractivity contribution in [2.45, 2.75) is 6.54 Å². The Kier molecular flexibility index (Phi) is 2.89. The van der Waals surface area contributed by atoms with Gasteiger partial charge < -0.3 is 0 Å². The molecule has 1 N–H and O–H groups in total. The van der Waals surface area contributed by atoms with Crippen LogP contribution >= 0.6 is 0 Å². The molecule has 0 radical (unpaired) electrons. The van der Waals surface area contributed by atoms with E-state index in [9.17, 15) is 4.21 Å². The summed E-state index contributed by atoms with van der Waals surface area (Å²) in [5.74, 6) is 3.50. The van der Waals surface area contributed by atoms with Gasteiger partial charge in [0.05, 0.1) is 0 Å². The zero-order valence-corrected chi connectivity index (χ0v) is 7.93. The minimum Gasteiger partial charge on any atom is -0.253 e. The van der Waals surface area contributed by atoms with E-state index < -0.39 is 9.71 Å². The van der Waals surface area contributed by atoms with Crippen molar-refractivity contribution < 1.29 is 4.21 Å². The van der Waals surface area contributed by atoms with Gasteiger partial charge in [-0.1, -0.05) is 30.3 Å². The first kappa shape index (κ1) is 9.29. The molecular formula is C9H13NOS. The van der Waals surface area contributed by atoms with E-state index in [2.05, 4.69) is 10.6 Å². The average molecular weight is 183 g/mol. The maximum absolute atomic E-state index is 11.1. The van der Waals surface area contributed by atoms with Crippen LogP contribution < -0.4 is 4.72 Å². The van der Waals surface area contributed by atoms with Gasteiger partial charge in [0.1, 0.15) is 0 Å². The van der Waals surface area contributed by atoms with Gasteiger partial charge in [0.25, 0.3) is 0 Å². The van der Waals surface area contributed by atoms with Crippen LogP contribution in [0.3, 0.4) is 0 Å². The van der Waals surface area contributed by atoms with Gasteiger partial charge in [-0.15, -0.1) is 0 Å². The van der Waals surface area contributed by atoms with Crippen molar-refractivity contribution in [3.8, 4) is 0 Å². The van der Waals surface area contributed by atoms with Crippen molar-refractivity contribution in [2.24, 2.45) is 0 Å². The van der Waals surface area contributed by atoms with Crippen LogP contribution in [0.15, 0.2) is 30.3 Å². The van der Waals surface area contributed by atoms with Gasteiger partial charge in [-0.3, -0.25) is 4.21 Å². The van der Waals surface area contributed by atoms with Crippen molar-refractivity contribution in [3.05, 3.63) is 35.9 Å². The highest BCUT2D eigenvalue weighted by Gasteiger charge is 1.93. The largest absolute Gasteiger partial charge is 0.253 e. The van der Waals surface area contributed by atoms with Crippen LogP contribution in [-0.2, 0) is 16.3 Å². The number of rotatable bonds is 3. The summed E-state index contributed by atoms with van der Waals surface area (Å²) in [7, 11) is -2.07. The zero-order chi connectivity index (χ0) is 9.03. The van der Waals surface area contributed by atoms with E-state index in [1.165, 1.54) is 0 Å². The lowest BCUT2D eigenvalue weighted by atomic mass is 10.2. The SMILES string of the molecule is C=S(C)(=O)NCc1ccccc1. The second kappa shape index (κ2) is 3.74. The average Bonchev–Trinajstić information content (AvgIpc) is 2.02. The Labute approximate surface area is 73.8 Å². The molecule has 1 atom stereocenters. The predicted molar refractivity (Wildman–Crippen MR) is 54.5 cm³/mol. The van der Waals surface area contributed by atoms with Crippen LogP contribution in [0.1, 0.15) is 5.56 Å². The van der Waals surface area contributed by atoms with Crippen molar-refractivity contribution in [2.75, 3.05) is 6.26 Å². The summed E-state index contributed by atoms with van der Waals surface area (Å²) in [5, 5.41) is 0. The number of benzene rings is 1. The molecule has 0 heterocycles. The van der Waals surface area contributed by atoms with Gasteiger partial charge in [0.15, 0.2) is 0 Å². The van der Waals surface area contributed by atoms with E-state index in [-0.39, 0.29) is 0 Å². The standard InChI is InChI=1S/C9H13NOS/c1-12(2,11)10-8-9-6-4-3-5-7-9/h3-7H,1,8H2,2H3,(H,10,11). The molecule has 0 aliphatic heterocycles. The van der Waals surface area contributed by atoms with Gasteiger partial charge in [-0.2, -0.15) is 0 Å². The number of hydrogen-bond acceptors (Lipinski definition) is 1. The molecule has 2 nitrogen and oxygen atoms in total. The van der Waals surface area contributed by atoms with Crippen molar-refractivity contribution >= 4 is 15.6 Å². The molecular weight excluding hydrogens is 170 g/mol. The number of hydrogen-bond donors (Lipinski definition) is 1. The Morgan fingerprint density at radius 3 is 2.50 bits per heavy atom. The van der Waals surface area contributed by atoms with Gasteiger partial charge in [-0.05, 0) is 11.4 Å². The smallest absolute Gasteiger partial charge is 0.0326 e. The summed E-state index contributed by atoms with van der Waals surface area (Å²) in [6, 6.07) is 9.84. The third kappa shape index (κ3) is 3.55. The molecule has 1 aromatic carbocycles. The van der Waals surface area contributed by atoms with Crippen LogP contribution in [-0.4, -0.2) is 16.3 Å². The van der Waals surface area contributed by atoms with Crippen LogP contribution in [0.4, 0.5) is 0 Å². The highest BCUT2D eigenvalue weighted by molar-refractivity contribution is 7.97. The fourth-order valence-electron chi connectivity index (χ4n) is 0.832. The summed E-state index contributed by atoms with van der Waals surface area (Å²) >= 11 is 0. The normalized spacial score (nSPS) is 15.4. The fraction of sp³-hybridized carbons (Fsp3) is 0.222. The van der Waals surface area contributed by atoms with Gasteiger partial charge >= 0.3 is 0 Å². The maximum Gasteiger partial charge on any atom is 0.0326 e. The Hall–Kier alpha value is -0.800.